The fourth-order valence-corrected chi connectivity index (χ4v) is 5.24. The van der Waals surface area contributed by atoms with E-state index < -0.39 is 5.54 Å². The lowest BCUT2D eigenvalue weighted by molar-refractivity contribution is -0.127. The Kier molecular flexibility index (Phi) is 5.01. The number of para-hydroxylation sites is 1. The summed E-state index contributed by atoms with van der Waals surface area (Å²) in [6.45, 7) is 2.24. The summed E-state index contributed by atoms with van der Waals surface area (Å²) in [5.74, 6) is -0.304. The summed E-state index contributed by atoms with van der Waals surface area (Å²) in [5, 5.41) is 4.78. The zero-order valence-electron chi connectivity index (χ0n) is 17.6. The first-order valence-electron chi connectivity index (χ1n) is 11.0. The molecular formula is C25H26ClN3O2. The first kappa shape index (κ1) is 20.1. The van der Waals surface area contributed by atoms with E-state index in [4.69, 9.17) is 11.6 Å². The van der Waals surface area contributed by atoms with Crippen LogP contribution in [0.2, 0.25) is 5.02 Å². The number of rotatable bonds is 3. The predicted octanol–water partition coefficient (Wildman–Crippen LogP) is 5.16. The second kappa shape index (κ2) is 7.72. The molecule has 3 aromatic rings. The maximum absolute atomic E-state index is 13.8. The highest BCUT2D eigenvalue weighted by Gasteiger charge is 2.49. The SMILES string of the molecule is CC1(C(=O)NC2CCCCC2)Cn2c(cc3ccccc32)C(=O)N1c1cccc(Cl)c1. The van der Waals surface area contributed by atoms with Gasteiger partial charge in [-0.15, -0.1) is 0 Å². The molecule has 1 atom stereocenters. The van der Waals surface area contributed by atoms with E-state index in [-0.39, 0.29) is 17.9 Å². The van der Waals surface area contributed by atoms with Crippen molar-refractivity contribution < 1.29 is 9.59 Å². The summed E-state index contributed by atoms with van der Waals surface area (Å²) in [6.07, 6.45) is 5.46. The number of hydrogen-bond donors (Lipinski definition) is 1. The normalized spacial score (nSPS) is 21.9. The van der Waals surface area contributed by atoms with Crippen molar-refractivity contribution in [3.8, 4) is 0 Å². The van der Waals surface area contributed by atoms with Gasteiger partial charge in [0.1, 0.15) is 11.2 Å². The molecule has 2 aromatic carbocycles. The van der Waals surface area contributed by atoms with E-state index in [9.17, 15) is 9.59 Å². The van der Waals surface area contributed by atoms with Gasteiger partial charge in [-0.1, -0.05) is 55.1 Å². The molecule has 1 saturated carbocycles. The highest BCUT2D eigenvalue weighted by molar-refractivity contribution is 6.31. The fraction of sp³-hybridized carbons (Fsp3) is 0.360. The molecule has 0 radical (unpaired) electrons. The zero-order valence-corrected chi connectivity index (χ0v) is 18.4. The van der Waals surface area contributed by atoms with E-state index in [2.05, 4.69) is 5.32 Å². The largest absolute Gasteiger partial charge is 0.351 e. The van der Waals surface area contributed by atoms with Crippen LogP contribution in [0.1, 0.15) is 49.5 Å². The van der Waals surface area contributed by atoms with Gasteiger partial charge in [0.05, 0.1) is 6.54 Å². The van der Waals surface area contributed by atoms with Crippen molar-refractivity contribution in [2.24, 2.45) is 0 Å². The highest BCUT2D eigenvalue weighted by Crippen LogP contribution is 2.37. The summed E-state index contributed by atoms with van der Waals surface area (Å²) in [4.78, 5) is 29.1. The minimum absolute atomic E-state index is 0.115. The summed E-state index contributed by atoms with van der Waals surface area (Å²) in [7, 11) is 0. The summed E-state index contributed by atoms with van der Waals surface area (Å²) < 4.78 is 1.99. The van der Waals surface area contributed by atoms with Crippen LogP contribution in [0, 0.1) is 0 Å². The number of carbonyl (C=O) groups excluding carboxylic acids is 2. The molecule has 0 saturated heterocycles. The van der Waals surface area contributed by atoms with Gasteiger partial charge < -0.3 is 9.88 Å². The van der Waals surface area contributed by atoms with Crippen LogP contribution in [-0.4, -0.2) is 28.0 Å². The number of fused-ring (bicyclic) bond motifs is 3. The van der Waals surface area contributed by atoms with Gasteiger partial charge in [-0.3, -0.25) is 14.5 Å². The van der Waals surface area contributed by atoms with Crippen molar-refractivity contribution in [1.82, 2.24) is 9.88 Å². The van der Waals surface area contributed by atoms with Crippen molar-refractivity contribution in [1.29, 1.82) is 0 Å². The molecule has 2 aliphatic rings. The van der Waals surface area contributed by atoms with E-state index in [1.54, 1.807) is 17.0 Å². The van der Waals surface area contributed by atoms with Gasteiger partial charge in [0, 0.05) is 27.7 Å². The molecule has 0 bridgehead atoms. The second-order valence-corrected chi connectivity index (χ2v) is 9.31. The number of anilines is 1. The van der Waals surface area contributed by atoms with Gasteiger partial charge in [0.2, 0.25) is 5.91 Å². The van der Waals surface area contributed by atoms with Gasteiger partial charge >= 0.3 is 0 Å². The van der Waals surface area contributed by atoms with E-state index >= 15 is 0 Å². The van der Waals surface area contributed by atoms with Gasteiger partial charge in [0.15, 0.2) is 0 Å². The van der Waals surface area contributed by atoms with Crippen molar-refractivity contribution in [2.45, 2.75) is 57.2 Å². The minimum Gasteiger partial charge on any atom is -0.351 e. The van der Waals surface area contributed by atoms with Gasteiger partial charge in [-0.05, 0) is 50.1 Å². The van der Waals surface area contributed by atoms with E-state index in [0.717, 1.165) is 36.6 Å². The molecule has 6 heteroatoms. The van der Waals surface area contributed by atoms with E-state index in [1.807, 2.05) is 54.0 Å². The molecule has 1 fully saturated rings. The van der Waals surface area contributed by atoms with E-state index in [1.165, 1.54) is 6.42 Å². The monoisotopic (exact) mass is 435 g/mol. The Hall–Kier alpha value is -2.79. The van der Waals surface area contributed by atoms with Gasteiger partial charge in [-0.2, -0.15) is 0 Å². The molecule has 1 N–H and O–H groups in total. The van der Waals surface area contributed by atoms with Crippen molar-refractivity contribution in [3.63, 3.8) is 0 Å². The van der Waals surface area contributed by atoms with Crippen molar-refractivity contribution in [3.05, 3.63) is 65.3 Å². The molecule has 5 rings (SSSR count). The Morgan fingerprint density at radius 1 is 1.06 bits per heavy atom. The molecule has 2 amide bonds. The van der Waals surface area contributed by atoms with Crippen LogP contribution in [-0.2, 0) is 11.3 Å². The zero-order chi connectivity index (χ0) is 21.6. The van der Waals surface area contributed by atoms with Crippen molar-refractivity contribution >= 4 is 40.0 Å². The maximum Gasteiger partial charge on any atom is 0.275 e. The second-order valence-electron chi connectivity index (χ2n) is 8.88. The summed E-state index contributed by atoms with van der Waals surface area (Å²) >= 11 is 6.26. The lowest BCUT2D eigenvalue weighted by Crippen LogP contribution is -2.65. The summed E-state index contributed by atoms with van der Waals surface area (Å²) in [5.41, 5.74) is 1.11. The summed E-state index contributed by atoms with van der Waals surface area (Å²) in [6, 6.07) is 17.2. The molecular weight excluding hydrogens is 410 g/mol. The molecule has 1 aliphatic heterocycles. The van der Waals surface area contributed by atoms with Crippen LogP contribution in [0.3, 0.4) is 0 Å². The Balaban J connectivity index is 1.62. The molecule has 1 aliphatic carbocycles. The Labute approximate surface area is 187 Å². The Bertz CT molecular complexity index is 1160. The number of benzene rings is 2. The number of amides is 2. The molecule has 160 valence electrons. The fourth-order valence-electron chi connectivity index (χ4n) is 5.05. The van der Waals surface area contributed by atoms with Crippen LogP contribution in [0.4, 0.5) is 5.69 Å². The van der Waals surface area contributed by atoms with Gasteiger partial charge in [0.25, 0.3) is 5.91 Å². The van der Waals surface area contributed by atoms with Crippen LogP contribution in [0.5, 0.6) is 0 Å². The third-order valence-corrected chi connectivity index (χ3v) is 6.92. The van der Waals surface area contributed by atoms with Crippen LogP contribution >= 0.6 is 11.6 Å². The number of carbonyl (C=O) groups is 2. The van der Waals surface area contributed by atoms with Crippen molar-refractivity contribution in [2.75, 3.05) is 4.90 Å². The first-order valence-corrected chi connectivity index (χ1v) is 11.3. The number of aromatic nitrogens is 1. The molecule has 1 unspecified atom stereocenters. The average Bonchev–Trinajstić information content (AvgIpc) is 3.13. The maximum atomic E-state index is 13.8. The minimum atomic E-state index is -1.08. The third-order valence-electron chi connectivity index (χ3n) is 6.69. The Morgan fingerprint density at radius 2 is 1.84 bits per heavy atom. The number of nitrogens with one attached hydrogen (secondary N) is 1. The molecule has 2 heterocycles. The van der Waals surface area contributed by atoms with Crippen LogP contribution in [0.25, 0.3) is 10.9 Å². The standard InChI is InChI=1S/C25H26ClN3O2/c1-25(24(31)27-19-10-3-2-4-11-19)16-28-21-13-6-5-8-17(21)14-22(28)23(30)29(25)20-12-7-9-18(26)15-20/h5-9,12-15,19H,2-4,10-11,16H2,1H3,(H,27,31). The molecule has 5 nitrogen and oxygen atoms in total. The smallest absolute Gasteiger partial charge is 0.275 e. The lowest BCUT2D eigenvalue weighted by atomic mass is 9.91. The topological polar surface area (TPSA) is 54.3 Å². The quantitative estimate of drug-likeness (QED) is 0.617. The Morgan fingerprint density at radius 3 is 2.61 bits per heavy atom. The first-order chi connectivity index (χ1) is 15.0. The molecule has 31 heavy (non-hydrogen) atoms. The van der Waals surface area contributed by atoms with Crippen LogP contribution in [0.15, 0.2) is 54.6 Å². The number of hydrogen-bond acceptors (Lipinski definition) is 2. The van der Waals surface area contributed by atoms with Gasteiger partial charge in [-0.25, -0.2) is 0 Å². The average molecular weight is 436 g/mol. The number of halogens is 1. The lowest BCUT2D eigenvalue weighted by Gasteiger charge is -2.44. The molecule has 0 spiro atoms. The highest BCUT2D eigenvalue weighted by atomic mass is 35.5. The van der Waals surface area contributed by atoms with E-state index in [0.29, 0.717) is 22.9 Å². The predicted molar refractivity (Wildman–Crippen MR) is 124 cm³/mol. The van der Waals surface area contributed by atoms with Crippen LogP contribution < -0.4 is 10.2 Å². The third kappa shape index (κ3) is 3.41. The molecule has 1 aromatic heterocycles. The number of nitrogens with zero attached hydrogens (tertiary/aromatic N) is 2.